The first-order valence-electron chi connectivity index (χ1n) is 11.5. The van der Waals surface area contributed by atoms with Gasteiger partial charge in [-0.15, -0.1) is 0 Å². The summed E-state index contributed by atoms with van der Waals surface area (Å²) in [4.78, 5) is 23.7. The number of hydrogen-bond acceptors (Lipinski definition) is 5. The molecule has 0 aromatic heterocycles. The lowest BCUT2D eigenvalue weighted by Crippen LogP contribution is -2.35. The number of ether oxygens (including phenoxy) is 1. The van der Waals surface area contributed by atoms with Gasteiger partial charge in [0.25, 0.3) is 11.1 Å². The highest BCUT2D eigenvalue weighted by atomic mass is 16.6. The van der Waals surface area contributed by atoms with Crippen molar-refractivity contribution in [3.8, 4) is 0 Å². The van der Waals surface area contributed by atoms with Crippen LogP contribution in [0.3, 0.4) is 0 Å². The second-order valence-electron chi connectivity index (χ2n) is 9.39. The lowest BCUT2D eigenvalue weighted by atomic mass is 9.81. The zero-order chi connectivity index (χ0) is 25.4. The summed E-state index contributed by atoms with van der Waals surface area (Å²) in [7, 11) is 0. The molecule has 0 aliphatic heterocycles. The number of rotatable bonds is 6. The maximum atomic E-state index is 12.1. The largest absolute Gasteiger partial charge is 0.458 e. The van der Waals surface area contributed by atoms with Gasteiger partial charge in [0.2, 0.25) is 0 Å². The van der Waals surface area contributed by atoms with Gasteiger partial charge in [0, 0.05) is 46.0 Å². The monoisotopic (exact) mass is 472 g/mol. The van der Waals surface area contributed by atoms with Crippen molar-refractivity contribution in [3.05, 3.63) is 138 Å². The molecule has 4 rings (SSSR count). The molecule has 2 aromatic carbocycles. The molecule has 0 saturated heterocycles. The fourth-order valence-corrected chi connectivity index (χ4v) is 4.98. The molecular formula is C28H28N2O5. The quantitative estimate of drug-likeness (QED) is 0.365. The molecule has 2 unspecified atom stereocenters. The van der Waals surface area contributed by atoms with Crippen molar-refractivity contribution in [1.29, 1.82) is 0 Å². The van der Waals surface area contributed by atoms with Crippen LogP contribution in [0.4, 0.5) is 0 Å². The van der Waals surface area contributed by atoms with E-state index in [-0.39, 0.29) is 22.7 Å². The van der Waals surface area contributed by atoms with Crippen molar-refractivity contribution in [1.82, 2.24) is 0 Å². The van der Waals surface area contributed by atoms with Crippen LogP contribution in [-0.4, -0.2) is 9.85 Å². The van der Waals surface area contributed by atoms with Crippen LogP contribution in [0.2, 0.25) is 0 Å². The van der Waals surface area contributed by atoms with Crippen molar-refractivity contribution in [2.24, 2.45) is 0 Å². The smallest absolute Gasteiger partial charge is 0.269 e. The van der Waals surface area contributed by atoms with Crippen LogP contribution in [0.5, 0.6) is 0 Å². The molecule has 7 nitrogen and oxygen atoms in total. The highest BCUT2D eigenvalue weighted by Gasteiger charge is 2.45. The predicted molar refractivity (Wildman–Crippen MR) is 134 cm³/mol. The first-order valence-corrected chi connectivity index (χ1v) is 11.5. The Morgan fingerprint density at radius 1 is 0.714 bits per heavy atom. The first kappa shape index (κ1) is 24.1. The molecule has 2 atom stereocenters. The van der Waals surface area contributed by atoms with Gasteiger partial charge in [-0.2, -0.15) is 0 Å². The Kier molecular flexibility index (Phi) is 6.19. The molecule has 0 heterocycles. The van der Waals surface area contributed by atoms with E-state index in [2.05, 4.69) is 0 Å². The van der Waals surface area contributed by atoms with E-state index in [9.17, 15) is 20.2 Å². The minimum absolute atomic E-state index is 0.147. The summed E-state index contributed by atoms with van der Waals surface area (Å²) in [6, 6.07) is 11.3. The minimum atomic E-state index is -1.36. The van der Waals surface area contributed by atoms with Crippen LogP contribution < -0.4 is 0 Å². The molecule has 0 saturated carbocycles. The zero-order valence-corrected chi connectivity index (χ0v) is 20.3. The Hall–Kier alpha value is -4.00. The average molecular weight is 473 g/mol. The standard InChI is InChI=1S/C28H28N2O5/c1-19-5-7-25(21(3)17-19)27(29(31)32)13-9-23(10-14-27)35-24-11-15-28(16-12-24,30(33)34)26-8-6-20(2)18-22(26)4/h5-13,15,17-18H,14,16H2,1-4H3. The van der Waals surface area contributed by atoms with E-state index in [0.717, 1.165) is 22.3 Å². The van der Waals surface area contributed by atoms with Crippen molar-refractivity contribution in [2.45, 2.75) is 51.6 Å². The van der Waals surface area contributed by atoms with Gasteiger partial charge in [-0.25, -0.2) is 0 Å². The molecule has 2 aliphatic rings. The summed E-state index contributed by atoms with van der Waals surface area (Å²) in [6.45, 7) is 7.67. The van der Waals surface area contributed by atoms with Gasteiger partial charge in [0.15, 0.2) is 0 Å². The molecule has 0 radical (unpaired) electrons. The first-order chi connectivity index (χ1) is 16.6. The lowest BCUT2D eigenvalue weighted by Gasteiger charge is -2.27. The molecule has 0 bridgehead atoms. The number of aryl methyl sites for hydroxylation is 4. The molecule has 0 N–H and O–H groups in total. The van der Waals surface area contributed by atoms with E-state index in [4.69, 9.17) is 4.74 Å². The van der Waals surface area contributed by atoms with E-state index in [1.807, 2.05) is 64.1 Å². The molecule has 2 aromatic rings. The number of benzene rings is 2. The van der Waals surface area contributed by atoms with E-state index >= 15 is 0 Å². The van der Waals surface area contributed by atoms with Crippen LogP contribution in [0.15, 0.2) is 84.4 Å². The van der Waals surface area contributed by atoms with Crippen LogP contribution in [0.25, 0.3) is 0 Å². The van der Waals surface area contributed by atoms with Gasteiger partial charge in [-0.3, -0.25) is 20.2 Å². The van der Waals surface area contributed by atoms with Gasteiger partial charge >= 0.3 is 0 Å². The van der Waals surface area contributed by atoms with E-state index < -0.39 is 11.1 Å². The number of nitro groups is 2. The summed E-state index contributed by atoms with van der Waals surface area (Å²) < 4.78 is 5.95. The predicted octanol–water partition coefficient (Wildman–Crippen LogP) is 6.27. The third-order valence-electron chi connectivity index (χ3n) is 6.86. The Bertz CT molecular complexity index is 1240. The molecule has 35 heavy (non-hydrogen) atoms. The molecule has 0 spiro atoms. The fourth-order valence-electron chi connectivity index (χ4n) is 4.98. The lowest BCUT2D eigenvalue weighted by molar-refractivity contribution is -0.563. The van der Waals surface area contributed by atoms with E-state index in [0.29, 0.717) is 22.6 Å². The second-order valence-corrected chi connectivity index (χ2v) is 9.39. The zero-order valence-electron chi connectivity index (χ0n) is 20.3. The van der Waals surface area contributed by atoms with Crippen molar-refractivity contribution in [2.75, 3.05) is 0 Å². The van der Waals surface area contributed by atoms with E-state index in [1.165, 1.54) is 0 Å². The van der Waals surface area contributed by atoms with Gasteiger partial charge in [-0.1, -0.05) is 47.5 Å². The fraction of sp³-hybridized carbons (Fsp3) is 0.286. The van der Waals surface area contributed by atoms with Crippen molar-refractivity contribution < 1.29 is 14.6 Å². The summed E-state index contributed by atoms with van der Waals surface area (Å²) >= 11 is 0. The van der Waals surface area contributed by atoms with Crippen molar-refractivity contribution >= 4 is 0 Å². The SMILES string of the molecule is Cc1ccc(C2([N+](=O)[O-])C=CC(OC3=CCC(c4ccc(C)cc4C)([N+](=O)[O-])C=C3)=CC2)c(C)c1. The summed E-state index contributed by atoms with van der Waals surface area (Å²) in [6.07, 6.45) is 10.1. The highest BCUT2D eigenvalue weighted by Crippen LogP contribution is 2.40. The second kappa shape index (κ2) is 8.98. The van der Waals surface area contributed by atoms with Crippen LogP contribution in [-0.2, 0) is 15.8 Å². The maximum Gasteiger partial charge on any atom is 0.269 e. The summed E-state index contributed by atoms with van der Waals surface area (Å²) in [5.74, 6) is 0.950. The summed E-state index contributed by atoms with van der Waals surface area (Å²) in [5, 5.41) is 24.3. The highest BCUT2D eigenvalue weighted by molar-refractivity contribution is 5.43. The van der Waals surface area contributed by atoms with E-state index in [1.54, 1.807) is 36.5 Å². The minimum Gasteiger partial charge on any atom is -0.458 e. The molecule has 0 fully saturated rings. The molecule has 2 aliphatic carbocycles. The Balaban J connectivity index is 1.55. The number of nitrogens with zero attached hydrogens (tertiary/aromatic N) is 2. The van der Waals surface area contributed by atoms with Crippen LogP contribution in [0.1, 0.15) is 46.2 Å². The molecule has 180 valence electrons. The average Bonchev–Trinajstić information content (AvgIpc) is 2.80. The Labute approximate surface area is 204 Å². The Morgan fingerprint density at radius 2 is 1.11 bits per heavy atom. The van der Waals surface area contributed by atoms with Crippen molar-refractivity contribution in [3.63, 3.8) is 0 Å². The van der Waals surface area contributed by atoms with Crippen LogP contribution in [0, 0.1) is 47.9 Å². The van der Waals surface area contributed by atoms with Gasteiger partial charge in [0.1, 0.15) is 11.5 Å². The number of allylic oxidation sites excluding steroid dienone is 2. The number of hydrogen-bond donors (Lipinski definition) is 0. The molecular weight excluding hydrogens is 444 g/mol. The van der Waals surface area contributed by atoms with Gasteiger partial charge in [0.05, 0.1) is 0 Å². The molecule has 7 heteroatoms. The maximum absolute atomic E-state index is 12.1. The topological polar surface area (TPSA) is 95.5 Å². The van der Waals surface area contributed by atoms with Gasteiger partial charge < -0.3 is 4.74 Å². The Morgan fingerprint density at radius 3 is 1.40 bits per heavy atom. The molecule has 0 amide bonds. The van der Waals surface area contributed by atoms with Gasteiger partial charge in [-0.05, 0) is 63.1 Å². The third-order valence-corrected chi connectivity index (χ3v) is 6.86. The third kappa shape index (κ3) is 4.30. The summed E-state index contributed by atoms with van der Waals surface area (Å²) in [5.41, 5.74) is 2.42. The van der Waals surface area contributed by atoms with Crippen LogP contribution >= 0.6 is 0 Å². The normalized spacial score (nSPS) is 23.4.